The van der Waals surface area contributed by atoms with E-state index in [1.807, 2.05) is 38.1 Å². The van der Waals surface area contributed by atoms with Crippen molar-refractivity contribution in [2.24, 2.45) is 5.73 Å². The number of anilines is 1. The zero-order valence-corrected chi connectivity index (χ0v) is 8.58. The van der Waals surface area contributed by atoms with Gasteiger partial charge in [-0.2, -0.15) is 0 Å². The summed E-state index contributed by atoms with van der Waals surface area (Å²) in [6.07, 6.45) is 0.650. The maximum Gasteiger partial charge on any atom is 0.241 e. The van der Waals surface area contributed by atoms with Crippen molar-refractivity contribution < 1.29 is 4.79 Å². The molecule has 14 heavy (non-hydrogen) atoms. The van der Waals surface area contributed by atoms with Crippen molar-refractivity contribution in [3.05, 3.63) is 29.8 Å². The Kier molecular flexibility index (Phi) is 3.65. The SMILES string of the molecule is CC[C@@H](N)C(=O)Nc1ccc(C)cc1. The van der Waals surface area contributed by atoms with Crippen LogP contribution in [0.1, 0.15) is 18.9 Å². The summed E-state index contributed by atoms with van der Waals surface area (Å²) >= 11 is 0. The first-order chi connectivity index (χ1) is 6.63. The summed E-state index contributed by atoms with van der Waals surface area (Å²) in [5, 5.41) is 2.76. The summed E-state index contributed by atoms with van der Waals surface area (Å²) in [6, 6.07) is 7.22. The zero-order chi connectivity index (χ0) is 10.6. The molecule has 0 aliphatic carbocycles. The average molecular weight is 192 g/mol. The molecule has 1 rings (SSSR count). The Bertz CT molecular complexity index is 306. The number of amides is 1. The highest BCUT2D eigenvalue weighted by atomic mass is 16.2. The van der Waals surface area contributed by atoms with Gasteiger partial charge in [0, 0.05) is 5.69 Å². The lowest BCUT2D eigenvalue weighted by Gasteiger charge is -2.09. The molecule has 0 fully saturated rings. The molecule has 1 aromatic rings. The molecule has 0 heterocycles. The molecule has 0 unspecified atom stereocenters. The molecule has 3 heteroatoms. The standard InChI is InChI=1S/C11H16N2O/c1-3-10(12)11(14)13-9-6-4-8(2)5-7-9/h4-7,10H,3,12H2,1-2H3,(H,13,14)/t10-/m1/s1. The highest BCUT2D eigenvalue weighted by Gasteiger charge is 2.10. The van der Waals surface area contributed by atoms with E-state index in [9.17, 15) is 4.79 Å². The summed E-state index contributed by atoms with van der Waals surface area (Å²) in [7, 11) is 0. The van der Waals surface area contributed by atoms with E-state index in [1.165, 1.54) is 5.56 Å². The van der Waals surface area contributed by atoms with Crippen LogP contribution in [0.2, 0.25) is 0 Å². The minimum atomic E-state index is -0.420. The normalized spacial score (nSPS) is 12.2. The molecule has 3 nitrogen and oxygen atoms in total. The number of rotatable bonds is 3. The predicted molar refractivity (Wildman–Crippen MR) is 58.1 cm³/mol. The van der Waals surface area contributed by atoms with Crippen LogP contribution in [0.25, 0.3) is 0 Å². The first kappa shape index (κ1) is 10.7. The van der Waals surface area contributed by atoms with Crippen LogP contribution in [0.3, 0.4) is 0 Å². The third-order valence-corrected chi connectivity index (χ3v) is 2.10. The van der Waals surface area contributed by atoms with Gasteiger partial charge in [-0.05, 0) is 25.5 Å². The van der Waals surface area contributed by atoms with E-state index in [0.717, 1.165) is 5.69 Å². The number of aryl methyl sites for hydroxylation is 1. The second kappa shape index (κ2) is 4.77. The number of hydrogen-bond acceptors (Lipinski definition) is 2. The molecule has 1 aromatic carbocycles. The van der Waals surface area contributed by atoms with Crippen molar-refractivity contribution in [1.82, 2.24) is 0 Å². The van der Waals surface area contributed by atoms with E-state index in [0.29, 0.717) is 6.42 Å². The van der Waals surface area contributed by atoms with Crippen molar-refractivity contribution in [3.8, 4) is 0 Å². The van der Waals surface area contributed by atoms with Gasteiger partial charge in [0.05, 0.1) is 6.04 Å². The first-order valence-corrected chi connectivity index (χ1v) is 4.76. The monoisotopic (exact) mass is 192 g/mol. The zero-order valence-electron chi connectivity index (χ0n) is 8.58. The molecule has 0 aromatic heterocycles. The van der Waals surface area contributed by atoms with Crippen molar-refractivity contribution in [2.75, 3.05) is 5.32 Å². The smallest absolute Gasteiger partial charge is 0.241 e. The van der Waals surface area contributed by atoms with Crippen LogP contribution in [-0.2, 0) is 4.79 Å². The van der Waals surface area contributed by atoms with Gasteiger partial charge in [0.2, 0.25) is 5.91 Å². The summed E-state index contributed by atoms with van der Waals surface area (Å²) in [4.78, 5) is 11.4. The summed E-state index contributed by atoms with van der Waals surface area (Å²) < 4.78 is 0. The van der Waals surface area contributed by atoms with E-state index in [-0.39, 0.29) is 5.91 Å². The number of benzene rings is 1. The summed E-state index contributed by atoms with van der Waals surface area (Å²) in [5.41, 5.74) is 7.55. The van der Waals surface area contributed by atoms with Gasteiger partial charge in [-0.1, -0.05) is 24.6 Å². The lowest BCUT2D eigenvalue weighted by atomic mass is 10.2. The Labute approximate surface area is 84.3 Å². The van der Waals surface area contributed by atoms with Crippen molar-refractivity contribution in [3.63, 3.8) is 0 Å². The molecule has 0 aliphatic heterocycles. The highest BCUT2D eigenvalue weighted by molar-refractivity contribution is 5.94. The Morgan fingerprint density at radius 1 is 1.43 bits per heavy atom. The molecule has 76 valence electrons. The fourth-order valence-electron chi connectivity index (χ4n) is 1.06. The molecule has 0 spiro atoms. The van der Waals surface area contributed by atoms with Gasteiger partial charge >= 0.3 is 0 Å². The van der Waals surface area contributed by atoms with E-state index >= 15 is 0 Å². The number of carbonyl (C=O) groups excluding carboxylic acids is 1. The lowest BCUT2D eigenvalue weighted by Crippen LogP contribution is -2.34. The van der Waals surface area contributed by atoms with Gasteiger partial charge in [-0.25, -0.2) is 0 Å². The summed E-state index contributed by atoms with van der Waals surface area (Å²) in [5.74, 6) is -0.128. The molecular weight excluding hydrogens is 176 g/mol. The van der Waals surface area contributed by atoms with Gasteiger partial charge in [-0.3, -0.25) is 4.79 Å². The van der Waals surface area contributed by atoms with Crippen LogP contribution < -0.4 is 11.1 Å². The topological polar surface area (TPSA) is 55.1 Å². The maximum absolute atomic E-state index is 11.4. The fraction of sp³-hybridized carbons (Fsp3) is 0.364. The molecule has 1 amide bonds. The summed E-state index contributed by atoms with van der Waals surface area (Å²) in [6.45, 7) is 3.89. The second-order valence-electron chi connectivity index (χ2n) is 3.37. The van der Waals surface area contributed by atoms with Gasteiger partial charge in [0.25, 0.3) is 0 Å². The van der Waals surface area contributed by atoms with Crippen LogP contribution in [-0.4, -0.2) is 11.9 Å². The Morgan fingerprint density at radius 3 is 2.50 bits per heavy atom. The third-order valence-electron chi connectivity index (χ3n) is 2.10. The molecule has 0 saturated heterocycles. The van der Waals surface area contributed by atoms with E-state index < -0.39 is 6.04 Å². The molecular formula is C11H16N2O. The van der Waals surface area contributed by atoms with E-state index in [2.05, 4.69) is 5.32 Å². The minimum Gasteiger partial charge on any atom is -0.325 e. The largest absolute Gasteiger partial charge is 0.325 e. The molecule has 0 saturated carbocycles. The van der Waals surface area contributed by atoms with E-state index in [1.54, 1.807) is 0 Å². The molecule has 1 atom stereocenters. The van der Waals surface area contributed by atoms with Crippen LogP contribution in [0.4, 0.5) is 5.69 Å². The highest BCUT2D eigenvalue weighted by Crippen LogP contribution is 2.08. The van der Waals surface area contributed by atoms with Crippen LogP contribution >= 0.6 is 0 Å². The van der Waals surface area contributed by atoms with Crippen LogP contribution in [0.5, 0.6) is 0 Å². The molecule has 0 aliphatic rings. The lowest BCUT2D eigenvalue weighted by molar-refractivity contribution is -0.117. The van der Waals surface area contributed by atoms with Gasteiger partial charge < -0.3 is 11.1 Å². The Balaban J connectivity index is 2.60. The quantitative estimate of drug-likeness (QED) is 0.765. The van der Waals surface area contributed by atoms with Crippen LogP contribution in [0.15, 0.2) is 24.3 Å². The van der Waals surface area contributed by atoms with Gasteiger partial charge in [0.1, 0.15) is 0 Å². The number of hydrogen-bond donors (Lipinski definition) is 2. The van der Waals surface area contributed by atoms with Crippen molar-refractivity contribution in [1.29, 1.82) is 0 Å². The molecule has 0 radical (unpaired) electrons. The van der Waals surface area contributed by atoms with Gasteiger partial charge in [-0.15, -0.1) is 0 Å². The van der Waals surface area contributed by atoms with Crippen LogP contribution in [0, 0.1) is 6.92 Å². The van der Waals surface area contributed by atoms with Gasteiger partial charge in [0.15, 0.2) is 0 Å². The Morgan fingerprint density at radius 2 is 2.00 bits per heavy atom. The Hall–Kier alpha value is -1.35. The molecule has 3 N–H and O–H groups in total. The number of carbonyl (C=O) groups is 1. The van der Waals surface area contributed by atoms with Crippen molar-refractivity contribution >= 4 is 11.6 Å². The third kappa shape index (κ3) is 2.85. The van der Waals surface area contributed by atoms with E-state index in [4.69, 9.17) is 5.73 Å². The fourth-order valence-corrected chi connectivity index (χ4v) is 1.06. The molecule has 0 bridgehead atoms. The maximum atomic E-state index is 11.4. The van der Waals surface area contributed by atoms with Crippen molar-refractivity contribution in [2.45, 2.75) is 26.3 Å². The second-order valence-corrected chi connectivity index (χ2v) is 3.37. The average Bonchev–Trinajstić information content (AvgIpc) is 2.20. The number of nitrogens with two attached hydrogens (primary N) is 1. The predicted octanol–water partition coefficient (Wildman–Crippen LogP) is 1.67. The first-order valence-electron chi connectivity index (χ1n) is 4.76. The minimum absolute atomic E-state index is 0.128. The number of nitrogens with one attached hydrogen (secondary N) is 1.